The number of esters is 1. The molecule has 8 atom stereocenters. The normalized spacial score (nSPS) is 19.0. The molecular formula is C106H192BKN21O19U-. The van der Waals surface area contributed by atoms with Crippen molar-refractivity contribution < 1.29 is 180 Å². The predicted molar refractivity (Wildman–Crippen MR) is 590 cm³/mol. The third-order valence-corrected chi connectivity index (χ3v) is 25.0. The molecule has 0 heterocycles. The molecule has 2 aromatic carbocycles. The van der Waals surface area contributed by atoms with Gasteiger partial charge in [-0.1, -0.05) is 181 Å². The molecule has 5 aliphatic rings. The summed E-state index contributed by atoms with van der Waals surface area (Å²) < 4.78 is 32.9. The minimum atomic E-state index is -0.935. The molecule has 0 spiro atoms. The number of alkyl carbamates (subject to hydrolysis) is 1. The van der Waals surface area contributed by atoms with Gasteiger partial charge in [-0.2, -0.15) is 20.4 Å². The number of nitrogens with zero attached hydrogens (tertiary/aromatic N) is 4. The van der Waals surface area contributed by atoms with E-state index in [0.29, 0.717) is 119 Å². The number of amides is 11. The van der Waals surface area contributed by atoms with Gasteiger partial charge in [0.25, 0.3) is 0 Å². The van der Waals surface area contributed by atoms with E-state index in [2.05, 4.69) is 128 Å². The summed E-state index contributed by atoms with van der Waals surface area (Å²) in [7, 11) is 9.00. The van der Waals surface area contributed by atoms with Crippen LogP contribution in [-0.4, -0.2) is 240 Å². The first-order chi connectivity index (χ1) is 71.2. The van der Waals surface area contributed by atoms with E-state index in [1.165, 1.54) is 77.8 Å². The summed E-state index contributed by atoms with van der Waals surface area (Å²) in [6, 6.07) is 11.3. The van der Waals surface area contributed by atoms with Gasteiger partial charge in [-0.05, 0) is 222 Å². The fraction of sp³-hybridized carbons (Fsp3) is 0.708. The smallest absolute Gasteiger partial charge is 1.00 e. The molecule has 149 heavy (non-hydrogen) atoms. The fourth-order valence-corrected chi connectivity index (χ4v) is 15.9. The molecule has 43 heteroatoms. The number of rotatable bonds is 45. The molecule has 844 valence electrons. The average Bonchev–Trinajstić information content (AvgIpc) is 1.61. The largest absolute Gasteiger partial charge is 1.00 e. The molecule has 2 aromatic rings. The molecule has 22 N–H and O–H groups in total. The first-order valence-corrected chi connectivity index (χ1v) is 50.8. The molecule has 0 saturated heterocycles. The van der Waals surface area contributed by atoms with E-state index in [1.54, 1.807) is 54.0 Å². The number of ether oxygens (including phenoxy) is 2. The van der Waals surface area contributed by atoms with Crippen LogP contribution in [0.3, 0.4) is 0 Å². The van der Waals surface area contributed by atoms with Crippen LogP contribution in [0.4, 0.5) is 24.0 Å². The Bertz CT molecular complexity index is 4160. The van der Waals surface area contributed by atoms with Gasteiger partial charge in [0.05, 0.1) is 49.1 Å². The molecule has 0 bridgehead atoms. The topological polar surface area (TPSA) is 623 Å². The molecule has 7 rings (SSSR count). The molecule has 11 amide bonds. The predicted octanol–water partition coefficient (Wildman–Crippen LogP) is 11.0. The SMILES string of the molecule is C.CC(=O)OCC1c2ccccc2-c2ccccc21.CC(C)C(=O)O.CCC(=O)C1CCC(CNC(=O)N/N=C/[C@@H](N)CC)CC1.CCC(=O)C1CCC(CNC(=O)N/N=C/[C@H](CC)NCC(=O)[C@@H](NC(=O)C(C)N)C(C)C)CC1.CCC(=O)C1CCC(CNC(=O)N/N=C/[C@H](CC)NCC(=O)[C@@H](NC(=O)C(C)[NH-])C(C)C)CC1.CC[C@@H](/C=N/NC(=O)NCC1CCC(C(=O)O)CC1)NC(=O)OC(C)(C)C.CN.[3H-].[3H]C.[3H]C.[3H]C.[3H][B].[K+].[U]. The second-order valence-corrected chi connectivity index (χ2v) is 38.5. The summed E-state index contributed by atoms with van der Waals surface area (Å²) >= 11 is 0. The van der Waals surface area contributed by atoms with Gasteiger partial charge in [0.2, 0.25) is 11.8 Å². The van der Waals surface area contributed by atoms with Crippen molar-refractivity contribution in [2.75, 3.05) is 52.9 Å². The number of Topliss-reactive ketones (excluding diaryl/α,β-unsaturated/α-hetero) is 5. The molecule has 4 saturated carbocycles. The maximum atomic E-state index is 12.6. The van der Waals surface area contributed by atoms with Gasteiger partial charge in [-0.3, -0.25) is 47.9 Å². The van der Waals surface area contributed by atoms with E-state index in [0.717, 1.165) is 96.3 Å². The Morgan fingerprint density at radius 1 is 0.477 bits per heavy atom. The first-order valence-electron chi connectivity index (χ1n) is 54.4. The van der Waals surface area contributed by atoms with Crippen molar-refractivity contribution in [3.63, 3.8) is 0 Å². The van der Waals surface area contributed by atoms with Crippen LogP contribution < -0.4 is 138 Å². The Balaban J connectivity index is -0.000000280. The number of aliphatic carboxylic acids is 2. The number of urea groups is 4. The summed E-state index contributed by atoms with van der Waals surface area (Å²) in [5, 5.41) is 58.0. The summed E-state index contributed by atoms with van der Waals surface area (Å²) in [6.07, 6.45) is 24.2. The van der Waals surface area contributed by atoms with Crippen molar-refractivity contribution >= 4 is 122 Å². The van der Waals surface area contributed by atoms with Gasteiger partial charge >= 0.3 is 99.5 Å². The minimum absolute atomic E-state index is 0. The summed E-state index contributed by atoms with van der Waals surface area (Å²) in [5.41, 5.74) is 37.3. The summed E-state index contributed by atoms with van der Waals surface area (Å²) in [6.45, 7) is 36.7. The van der Waals surface area contributed by atoms with E-state index < -0.39 is 59.7 Å². The van der Waals surface area contributed by atoms with E-state index >= 15 is 0 Å². The van der Waals surface area contributed by atoms with E-state index in [-0.39, 0.29) is 223 Å². The zero-order chi connectivity index (χ0) is 115. The Morgan fingerprint density at radius 2 is 0.772 bits per heavy atom. The van der Waals surface area contributed by atoms with E-state index in [4.69, 9.17) is 42.3 Å². The van der Waals surface area contributed by atoms with E-state index in [9.17, 15) is 71.9 Å². The van der Waals surface area contributed by atoms with Crippen LogP contribution in [-0.2, 0) is 57.4 Å². The number of hydrazone groups is 4. The van der Waals surface area contributed by atoms with Gasteiger partial charge in [-0.25, -0.2) is 45.7 Å². The Hall–Kier alpha value is -8.32. The van der Waals surface area contributed by atoms with Gasteiger partial charge in [0.15, 0.2) is 11.6 Å². The fourth-order valence-electron chi connectivity index (χ4n) is 15.9. The van der Waals surface area contributed by atoms with Crippen molar-refractivity contribution in [1.29, 1.82) is 1.34 Å². The third kappa shape index (κ3) is 66.4. The van der Waals surface area contributed by atoms with Crippen LogP contribution in [0.1, 0.15) is 331 Å². The number of hydrogen-bond acceptors (Lipinski definition) is 26. The molecule has 5 aliphatic carbocycles. The zero-order valence-corrected chi connectivity index (χ0v) is 100. The van der Waals surface area contributed by atoms with Crippen molar-refractivity contribution in [2.24, 2.45) is 103 Å². The number of carboxylic acids is 2. The summed E-state index contributed by atoms with van der Waals surface area (Å²) in [4.78, 5) is 175. The van der Waals surface area contributed by atoms with Crippen LogP contribution >= 0.6 is 0 Å². The van der Waals surface area contributed by atoms with Gasteiger partial charge in [-0.15, -0.1) is 0 Å². The second-order valence-electron chi connectivity index (χ2n) is 38.5. The van der Waals surface area contributed by atoms with Crippen molar-refractivity contribution in [3.05, 3.63) is 65.4 Å². The van der Waals surface area contributed by atoms with Crippen LogP contribution in [0.2, 0.25) is 0 Å². The number of carbonyl (C=O) groups excluding carboxylic acids is 13. The van der Waals surface area contributed by atoms with Crippen LogP contribution in [0.15, 0.2) is 68.9 Å². The zero-order valence-electron chi connectivity index (χ0n) is 98.1. The molecular weight excluding hydrogens is 2160 g/mol. The van der Waals surface area contributed by atoms with Crippen molar-refractivity contribution in [3.8, 4) is 11.1 Å². The van der Waals surface area contributed by atoms with Crippen molar-refractivity contribution in [1.82, 2.24) is 69.6 Å². The number of benzene rings is 2. The molecule has 0 aromatic heterocycles. The van der Waals surface area contributed by atoms with Crippen LogP contribution in [0.5, 0.6) is 0 Å². The number of carboxylic acid groups (broad SMARTS) is 2. The standard InChI is InChI=1S/C24H44N6O4.C24H43N6O4.C18H32N4O5.C16H14O2.C15H28N4O2.C4H8O2.CH5N.4CH4.BH.K.U.H/c2*1-6-19(26-14-21(32)22(15(3)4)29-23(33)16(5)25)13-28-30-24(34)27-12-17-8-10-18(11-9-17)20(31)7-2;1-5-14(21-17(26)27-18(2,3)4)11-20-22-16(25)19-10-12-6-8-13(9-7-12)15(23)24;1-11(17)18-10-16-14-8-4-2-6-12(14)13-7-3-5-9-15(13)16;1-3-13(16)10-18-19-15(21)17-9-11-5-7-12(8-6-11)14(20)4-2;1-3(2)4(5)6;1-2;;;;;;;;/h13,15-19,22,26H,6-12,14,25H2,1-5H3,(H,29,33)(H2,27,30,34);13,15-19,22,25-26H,6-12,14H2,1-5H3,(H,29,33)(H2,27,30,34);11-14H,5-10H2,1-4H3,(H,21,26)(H,23,24)(H2,19,22,25);2-9,16H,10H2,1H3;10-13H,3-9,16H2,1-2H3,(H2,17,19,21);3H,1-2H3,(H,5,6);2H2,1H3;4*1H4;1H;;;/q;-1;;;;;;;;;;;+1;;-1/b2*28-13+;20-11+;;18-10+;;;;;;;;;;/t2*16?,17?,18?,19-,22-;12?,13?,14-;;11?,12?,13-;;;;;;;;;;/m000.0........../s1/i;;;;;;;3*1T;;1T;;;1+2. The minimum Gasteiger partial charge on any atom is -1.00 e. The van der Waals surface area contributed by atoms with Gasteiger partial charge in [0.1, 0.15) is 29.6 Å². The summed E-state index contributed by atoms with van der Waals surface area (Å²) in [5.74, 6) is -0.197. The van der Waals surface area contributed by atoms with Crippen LogP contribution in [0, 0.1) is 96.2 Å². The average molecular weight is 2360 g/mol. The monoisotopic (exact) mass is 2360 g/mol. The van der Waals surface area contributed by atoms with E-state index in [1.807, 2.05) is 100 Å². The Labute approximate surface area is 965 Å². The third-order valence-electron chi connectivity index (χ3n) is 25.0. The molecule has 40 nitrogen and oxygen atoms in total. The molecule has 2 radical (unpaired) electrons. The number of carbonyl (C=O) groups is 15. The number of hydrogen-bond donors (Lipinski definition) is 18. The number of nitrogens with two attached hydrogens (primary N) is 3. The molecule has 2 unspecified atom stereocenters. The quantitative estimate of drug-likeness (QED) is 0.0127. The maximum Gasteiger partial charge on any atom is 1.00 e. The van der Waals surface area contributed by atoms with Crippen LogP contribution in [0.25, 0.3) is 16.9 Å². The molecule has 4 fully saturated rings. The molecule has 0 aliphatic heterocycles. The maximum absolute atomic E-state index is 12.6. The number of fused-ring (bicyclic) bond motifs is 3. The van der Waals surface area contributed by atoms with Crippen molar-refractivity contribution in [2.45, 2.75) is 369 Å². The second kappa shape index (κ2) is 87.0. The van der Waals surface area contributed by atoms with Gasteiger partial charge < -0.3 is 91.9 Å². The number of ketones is 5. The Morgan fingerprint density at radius 3 is 1.03 bits per heavy atom. The Kier molecular flexibility index (Phi) is 84.6. The first kappa shape index (κ1) is 145. The number of nitrogens with one attached hydrogen (secondary N) is 14. The van der Waals surface area contributed by atoms with Gasteiger partial charge in [0, 0.05) is 163 Å².